The van der Waals surface area contributed by atoms with Crippen molar-refractivity contribution in [2.24, 2.45) is 5.73 Å². The van der Waals surface area contributed by atoms with Gasteiger partial charge < -0.3 is 10.6 Å². The smallest absolute Gasteiger partial charge is 0.273 e. The van der Waals surface area contributed by atoms with Gasteiger partial charge in [0, 0.05) is 18.5 Å². The molecule has 1 aromatic carbocycles. The van der Waals surface area contributed by atoms with Gasteiger partial charge >= 0.3 is 0 Å². The van der Waals surface area contributed by atoms with Crippen molar-refractivity contribution in [1.82, 2.24) is 9.88 Å². The lowest BCUT2D eigenvalue weighted by molar-refractivity contribution is -0.121. The molecule has 2 N–H and O–H groups in total. The summed E-state index contributed by atoms with van der Waals surface area (Å²) < 4.78 is 40.8. The van der Waals surface area contributed by atoms with Gasteiger partial charge in [-0.1, -0.05) is 18.2 Å². The van der Waals surface area contributed by atoms with E-state index in [2.05, 4.69) is 4.98 Å². The van der Waals surface area contributed by atoms with Crippen molar-refractivity contribution in [3.8, 4) is 0 Å². The maximum absolute atomic E-state index is 13.8. The molecule has 8 heteroatoms. The highest BCUT2D eigenvalue weighted by Gasteiger charge is 2.49. The average Bonchev–Trinajstić information content (AvgIpc) is 3.45. The quantitative estimate of drug-likeness (QED) is 0.834. The third kappa shape index (κ3) is 4.11. The van der Waals surface area contributed by atoms with Crippen molar-refractivity contribution in [3.05, 3.63) is 64.7 Å². The van der Waals surface area contributed by atoms with Crippen LogP contribution in [0.25, 0.3) is 0 Å². The van der Waals surface area contributed by atoms with Gasteiger partial charge in [-0.2, -0.15) is 0 Å². The third-order valence-electron chi connectivity index (χ3n) is 5.39. The van der Waals surface area contributed by atoms with Crippen LogP contribution in [0.15, 0.2) is 36.4 Å². The van der Waals surface area contributed by atoms with Gasteiger partial charge in [-0.05, 0) is 48.1 Å². The number of nitrogens with zero attached hydrogens (tertiary/aromatic N) is 2. The van der Waals surface area contributed by atoms with Gasteiger partial charge in [0.1, 0.15) is 17.6 Å². The fraction of sp³-hybridized carbons (Fsp3) is 0.381. The Hall–Kier alpha value is -2.90. The largest absolute Gasteiger partial charge is 0.368 e. The highest BCUT2D eigenvalue weighted by atomic mass is 19.3. The SMILES string of the molecule is NC(=O)[C@@H]1CC(F)(F)CN1C(=O)c1ccc(C2CC2)c(Cc2ccc(F)cc2)n1. The minimum atomic E-state index is -3.17. The number of likely N-dealkylation sites (tertiary alicyclic amines) is 1. The van der Waals surface area contributed by atoms with E-state index < -0.39 is 36.7 Å². The number of rotatable bonds is 5. The van der Waals surface area contributed by atoms with E-state index in [1.54, 1.807) is 18.2 Å². The second kappa shape index (κ2) is 7.17. The summed E-state index contributed by atoms with van der Waals surface area (Å²) in [5.41, 5.74) is 7.71. The van der Waals surface area contributed by atoms with Gasteiger partial charge in [0.25, 0.3) is 11.8 Å². The average molecular weight is 403 g/mol. The molecule has 2 aliphatic rings. The minimum absolute atomic E-state index is 0.00420. The van der Waals surface area contributed by atoms with Crippen LogP contribution < -0.4 is 5.73 Å². The van der Waals surface area contributed by atoms with Gasteiger partial charge in [-0.15, -0.1) is 0 Å². The summed E-state index contributed by atoms with van der Waals surface area (Å²) >= 11 is 0. The summed E-state index contributed by atoms with van der Waals surface area (Å²) in [5, 5.41) is 0. The van der Waals surface area contributed by atoms with Crippen LogP contribution in [0.3, 0.4) is 0 Å². The Morgan fingerprint density at radius 2 is 1.83 bits per heavy atom. The number of pyridine rings is 1. The van der Waals surface area contributed by atoms with Crippen molar-refractivity contribution < 1.29 is 22.8 Å². The number of hydrogen-bond donors (Lipinski definition) is 1. The standard InChI is InChI=1S/C21H20F3N3O2/c22-14-5-1-12(2-6-14)9-17-15(13-3-4-13)7-8-16(26-17)20(29)27-11-21(23,24)10-18(27)19(25)28/h1-2,5-8,13,18H,3-4,9-11H2,(H2,25,28)/t18-/m0/s1. The first-order chi connectivity index (χ1) is 13.7. The zero-order valence-electron chi connectivity index (χ0n) is 15.6. The van der Waals surface area contributed by atoms with E-state index in [-0.39, 0.29) is 11.5 Å². The van der Waals surface area contributed by atoms with Crippen LogP contribution in [0, 0.1) is 5.82 Å². The molecule has 1 atom stereocenters. The summed E-state index contributed by atoms with van der Waals surface area (Å²) in [5.74, 6) is -4.86. The first-order valence-corrected chi connectivity index (χ1v) is 9.46. The van der Waals surface area contributed by atoms with Gasteiger partial charge in [0.15, 0.2) is 0 Å². The fourth-order valence-electron chi connectivity index (χ4n) is 3.77. The molecule has 1 aromatic heterocycles. The molecule has 2 heterocycles. The number of alkyl halides is 2. The first kappa shape index (κ1) is 19.4. The Morgan fingerprint density at radius 3 is 2.45 bits per heavy atom. The molecule has 152 valence electrons. The molecule has 2 fully saturated rings. The number of nitrogens with two attached hydrogens (primary N) is 1. The number of benzene rings is 1. The summed E-state index contributed by atoms with van der Waals surface area (Å²) in [4.78, 5) is 29.7. The number of aromatic nitrogens is 1. The van der Waals surface area contributed by atoms with Gasteiger partial charge in [-0.25, -0.2) is 18.2 Å². The molecule has 0 unspecified atom stereocenters. The molecular formula is C21H20F3N3O2. The van der Waals surface area contributed by atoms with E-state index in [0.29, 0.717) is 18.0 Å². The zero-order valence-corrected chi connectivity index (χ0v) is 15.6. The maximum Gasteiger partial charge on any atom is 0.273 e. The molecule has 5 nitrogen and oxygen atoms in total. The van der Waals surface area contributed by atoms with Crippen molar-refractivity contribution in [3.63, 3.8) is 0 Å². The fourth-order valence-corrected chi connectivity index (χ4v) is 3.77. The molecule has 0 bridgehead atoms. The van der Waals surface area contributed by atoms with E-state index in [9.17, 15) is 22.8 Å². The van der Waals surface area contributed by atoms with E-state index in [1.165, 1.54) is 18.2 Å². The molecule has 1 aliphatic carbocycles. The van der Waals surface area contributed by atoms with Crippen molar-refractivity contribution >= 4 is 11.8 Å². The summed E-state index contributed by atoms with van der Waals surface area (Å²) in [6, 6.07) is 7.94. The molecule has 1 saturated heterocycles. The molecule has 0 spiro atoms. The lowest BCUT2D eigenvalue weighted by Gasteiger charge is -2.21. The molecule has 2 aromatic rings. The number of amides is 2. The highest BCUT2D eigenvalue weighted by molar-refractivity contribution is 5.96. The van der Waals surface area contributed by atoms with E-state index >= 15 is 0 Å². The monoisotopic (exact) mass is 403 g/mol. The normalized spacial score (nSPS) is 20.7. The number of primary amides is 1. The predicted octanol–water partition coefficient (Wildman–Crippen LogP) is 3.02. The van der Waals surface area contributed by atoms with E-state index in [0.717, 1.165) is 28.9 Å². The Bertz CT molecular complexity index is 958. The molecule has 1 saturated carbocycles. The highest BCUT2D eigenvalue weighted by Crippen LogP contribution is 2.42. The van der Waals surface area contributed by atoms with Gasteiger partial charge in [0.2, 0.25) is 5.91 Å². The van der Waals surface area contributed by atoms with Crippen LogP contribution in [-0.4, -0.2) is 40.2 Å². The van der Waals surface area contributed by atoms with Crippen LogP contribution >= 0.6 is 0 Å². The van der Waals surface area contributed by atoms with Gasteiger partial charge in [-0.3, -0.25) is 9.59 Å². The van der Waals surface area contributed by atoms with Crippen molar-refractivity contribution in [2.45, 2.75) is 43.6 Å². The molecule has 2 amide bonds. The number of halogens is 3. The summed E-state index contributed by atoms with van der Waals surface area (Å²) in [6.45, 7) is -0.862. The van der Waals surface area contributed by atoms with Crippen LogP contribution in [0.4, 0.5) is 13.2 Å². The second-order valence-electron chi connectivity index (χ2n) is 7.72. The van der Waals surface area contributed by atoms with E-state index in [4.69, 9.17) is 5.73 Å². The first-order valence-electron chi connectivity index (χ1n) is 9.46. The Morgan fingerprint density at radius 1 is 1.14 bits per heavy atom. The Labute approximate surface area is 165 Å². The van der Waals surface area contributed by atoms with Crippen LogP contribution in [0.2, 0.25) is 0 Å². The topological polar surface area (TPSA) is 76.3 Å². The second-order valence-corrected chi connectivity index (χ2v) is 7.72. The lowest BCUT2D eigenvalue weighted by atomic mass is 10.0. The zero-order chi connectivity index (χ0) is 20.8. The molecule has 0 radical (unpaired) electrons. The number of carbonyl (C=O) groups excluding carboxylic acids is 2. The van der Waals surface area contributed by atoms with Crippen LogP contribution in [0.1, 0.15) is 52.5 Å². The van der Waals surface area contributed by atoms with E-state index in [1.807, 2.05) is 0 Å². The Kier molecular flexibility index (Phi) is 4.80. The van der Waals surface area contributed by atoms with Gasteiger partial charge in [0.05, 0.1) is 6.54 Å². The van der Waals surface area contributed by atoms with Crippen LogP contribution in [0.5, 0.6) is 0 Å². The summed E-state index contributed by atoms with van der Waals surface area (Å²) in [6.07, 6.45) is 1.65. The number of hydrogen-bond acceptors (Lipinski definition) is 3. The third-order valence-corrected chi connectivity index (χ3v) is 5.39. The molecule has 29 heavy (non-hydrogen) atoms. The Balaban J connectivity index is 1.64. The van der Waals surface area contributed by atoms with Crippen molar-refractivity contribution in [1.29, 1.82) is 0 Å². The lowest BCUT2D eigenvalue weighted by Crippen LogP contribution is -2.44. The van der Waals surface area contributed by atoms with Crippen molar-refractivity contribution in [2.75, 3.05) is 6.54 Å². The number of carbonyl (C=O) groups is 2. The predicted molar refractivity (Wildman–Crippen MR) is 99.0 cm³/mol. The molecule has 1 aliphatic heterocycles. The minimum Gasteiger partial charge on any atom is -0.368 e. The molecule has 4 rings (SSSR count). The van der Waals surface area contributed by atoms with Crippen LogP contribution in [-0.2, 0) is 11.2 Å². The maximum atomic E-state index is 13.8. The summed E-state index contributed by atoms with van der Waals surface area (Å²) in [7, 11) is 0. The molecular weight excluding hydrogens is 383 g/mol.